The first-order valence-electron chi connectivity index (χ1n) is 3.65. The Morgan fingerprint density at radius 1 is 1.21 bits per heavy atom. The van der Waals surface area contributed by atoms with Crippen molar-refractivity contribution in [1.29, 1.82) is 0 Å². The monoisotopic (exact) mass is 205 g/mol. The number of hydrogen-bond donors (Lipinski definition) is 0. The zero-order chi connectivity index (χ0) is 10.6. The lowest BCUT2D eigenvalue weighted by atomic mass is 10.2. The summed E-state index contributed by atoms with van der Waals surface area (Å²) in [6.07, 6.45) is -4.69. The largest absolute Gasteiger partial charge is 0.573 e. The first-order chi connectivity index (χ1) is 6.51. The Hall–Kier alpha value is -1.59. The van der Waals surface area contributed by atoms with Crippen molar-refractivity contribution in [3.8, 4) is 5.75 Å². The van der Waals surface area contributed by atoms with Crippen LogP contribution in [0.15, 0.2) is 29.4 Å². The third-order valence-electron chi connectivity index (χ3n) is 1.40. The topological polar surface area (TPSA) is 38.7 Å². The fraction of sp³-hybridized carbons (Fsp3) is 0.250. The van der Waals surface area contributed by atoms with Crippen LogP contribution in [-0.4, -0.2) is 6.36 Å². The van der Waals surface area contributed by atoms with Gasteiger partial charge in [-0.15, -0.1) is 13.2 Å². The summed E-state index contributed by atoms with van der Waals surface area (Å²) in [4.78, 5) is 9.83. The smallest absolute Gasteiger partial charge is 0.406 e. The van der Waals surface area contributed by atoms with Gasteiger partial charge in [0, 0.05) is 0 Å². The Morgan fingerprint density at radius 3 is 2.21 bits per heavy atom. The van der Waals surface area contributed by atoms with E-state index in [0.29, 0.717) is 5.56 Å². The molecule has 0 radical (unpaired) electrons. The number of hydrogen-bond acceptors (Lipinski definition) is 3. The Labute approximate surface area is 77.5 Å². The molecule has 0 aliphatic carbocycles. The molecule has 1 aromatic rings. The van der Waals surface area contributed by atoms with E-state index in [0.717, 1.165) is 12.1 Å². The summed E-state index contributed by atoms with van der Waals surface area (Å²) in [5.41, 5.74) is 0.537. The number of rotatable bonds is 3. The second-order valence-electron chi connectivity index (χ2n) is 2.48. The minimum atomic E-state index is -4.69. The number of halogens is 3. The van der Waals surface area contributed by atoms with Crippen LogP contribution in [0.25, 0.3) is 0 Å². The van der Waals surface area contributed by atoms with Gasteiger partial charge in [-0.05, 0) is 17.7 Å². The van der Waals surface area contributed by atoms with E-state index in [-0.39, 0.29) is 12.3 Å². The van der Waals surface area contributed by atoms with Crippen LogP contribution >= 0.6 is 0 Å². The first-order valence-corrected chi connectivity index (χ1v) is 3.65. The van der Waals surface area contributed by atoms with E-state index in [1.54, 1.807) is 0 Å². The maximum absolute atomic E-state index is 11.7. The van der Waals surface area contributed by atoms with E-state index >= 15 is 0 Å². The van der Waals surface area contributed by atoms with Gasteiger partial charge in [0.1, 0.15) is 12.3 Å². The van der Waals surface area contributed by atoms with Crippen molar-refractivity contribution in [3.63, 3.8) is 0 Å². The predicted octanol–water partition coefficient (Wildman–Crippen LogP) is 2.85. The molecule has 0 aliphatic rings. The molecule has 0 unspecified atom stereocenters. The molecule has 3 nitrogen and oxygen atoms in total. The zero-order valence-electron chi connectivity index (χ0n) is 6.91. The summed E-state index contributed by atoms with van der Waals surface area (Å²) in [5.74, 6) is -0.313. The van der Waals surface area contributed by atoms with E-state index in [1.165, 1.54) is 12.1 Å². The molecule has 6 heteroatoms. The first kappa shape index (κ1) is 10.5. The highest BCUT2D eigenvalue weighted by molar-refractivity contribution is 5.27. The molecule has 0 N–H and O–H groups in total. The van der Waals surface area contributed by atoms with Crippen molar-refractivity contribution in [3.05, 3.63) is 34.7 Å². The minimum absolute atomic E-state index is 0.0632. The zero-order valence-corrected chi connectivity index (χ0v) is 6.91. The molecular formula is C8H6F3NO2. The van der Waals surface area contributed by atoms with E-state index in [2.05, 4.69) is 9.91 Å². The lowest BCUT2D eigenvalue weighted by Crippen LogP contribution is -2.16. The van der Waals surface area contributed by atoms with Gasteiger partial charge < -0.3 is 4.74 Å². The third kappa shape index (κ3) is 3.42. The maximum atomic E-state index is 11.7. The summed E-state index contributed by atoms with van der Waals surface area (Å²) >= 11 is 0. The van der Waals surface area contributed by atoms with Crippen LogP contribution in [0, 0.1) is 4.91 Å². The van der Waals surface area contributed by atoms with Gasteiger partial charge in [0.05, 0.1) is 0 Å². The van der Waals surface area contributed by atoms with Crippen LogP contribution in [0.3, 0.4) is 0 Å². The molecule has 0 aliphatic heterocycles. The quantitative estimate of drug-likeness (QED) is 0.711. The molecule has 0 saturated heterocycles. The van der Waals surface area contributed by atoms with Gasteiger partial charge in [0.15, 0.2) is 0 Å². The van der Waals surface area contributed by atoms with Crippen LogP contribution in [0.1, 0.15) is 5.56 Å². The SMILES string of the molecule is O=NCc1ccc(OC(F)(F)F)cc1. The van der Waals surface area contributed by atoms with Gasteiger partial charge in [-0.25, -0.2) is 0 Å². The second kappa shape index (κ2) is 4.08. The van der Waals surface area contributed by atoms with Crippen molar-refractivity contribution < 1.29 is 17.9 Å². The molecule has 76 valence electrons. The highest BCUT2D eigenvalue weighted by Crippen LogP contribution is 2.22. The van der Waals surface area contributed by atoms with Crippen molar-refractivity contribution in [2.75, 3.05) is 0 Å². The Bertz CT molecular complexity index is 307. The number of ether oxygens (including phenoxy) is 1. The molecule has 0 aromatic heterocycles. The molecule has 0 amide bonds. The molecule has 0 heterocycles. The third-order valence-corrected chi connectivity index (χ3v) is 1.40. The van der Waals surface area contributed by atoms with Gasteiger partial charge in [-0.1, -0.05) is 17.3 Å². The van der Waals surface area contributed by atoms with Crippen LogP contribution in [0.4, 0.5) is 13.2 Å². The summed E-state index contributed by atoms with van der Waals surface area (Å²) in [6, 6.07) is 4.97. The summed E-state index contributed by atoms with van der Waals surface area (Å²) in [6.45, 7) is -0.0632. The highest BCUT2D eigenvalue weighted by Gasteiger charge is 2.30. The average Bonchev–Trinajstić information content (AvgIpc) is 2.06. The predicted molar refractivity (Wildman–Crippen MR) is 42.6 cm³/mol. The van der Waals surface area contributed by atoms with Gasteiger partial charge in [0.2, 0.25) is 0 Å². The van der Waals surface area contributed by atoms with Crippen LogP contribution in [-0.2, 0) is 6.54 Å². The Morgan fingerprint density at radius 2 is 1.79 bits per heavy atom. The lowest BCUT2D eigenvalue weighted by Gasteiger charge is -2.08. The van der Waals surface area contributed by atoms with Crippen molar-refractivity contribution >= 4 is 0 Å². The molecule has 1 aromatic carbocycles. The van der Waals surface area contributed by atoms with Crippen molar-refractivity contribution in [2.24, 2.45) is 5.18 Å². The maximum Gasteiger partial charge on any atom is 0.573 e. The summed E-state index contributed by atoms with van der Waals surface area (Å²) in [7, 11) is 0. The molecule has 0 bridgehead atoms. The molecular weight excluding hydrogens is 199 g/mol. The summed E-state index contributed by atoms with van der Waals surface area (Å²) in [5, 5.41) is 2.60. The lowest BCUT2D eigenvalue weighted by molar-refractivity contribution is -0.274. The molecule has 0 saturated carbocycles. The number of nitroso groups, excluding NO2 is 1. The van der Waals surface area contributed by atoms with Gasteiger partial charge in [-0.2, -0.15) is 4.91 Å². The van der Waals surface area contributed by atoms with Gasteiger partial charge in [0.25, 0.3) is 0 Å². The minimum Gasteiger partial charge on any atom is -0.406 e. The Kier molecular flexibility index (Phi) is 3.06. The number of alkyl halides is 3. The highest BCUT2D eigenvalue weighted by atomic mass is 19.4. The van der Waals surface area contributed by atoms with E-state index < -0.39 is 6.36 Å². The second-order valence-corrected chi connectivity index (χ2v) is 2.48. The summed E-state index contributed by atoms with van der Waals surface area (Å²) < 4.78 is 38.7. The van der Waals surface area contributed by atoms with Gasteiger partial charge in [-0.3, -0.25) is 0 Å². The molecule has 0 spiro atoms. The van der Waals surface area contributed by atoms with Crippen LogP contribution in [0.5, 0.6) is 5.75 Å². The van der Waals surface area contributed by atoms with Crippen molar-refractivity contribution in [1.82, 2.24) is 0 Å². The van der Waals surface area contributed by atoms with E-state index in [9.17, 15) is 18.1 Å². The fourth-order valence-corrected chi connectivity index (χ4v) is 0.871. The van der Waals surface area contributed by atoms with Crippen LogP contribution < -0.4 is 4.74 Å². The standard InChI is InChI=1S/C8H6F3NO2/c9-8(10,11)14-7-3-1-6(2-4-7)5-12-13/h1-4H,5H2. The van der Waals surface area contributed by atoms with Crippen LogP contribution in [0.2, 0.25) is 0 Å². The van der Waals surface area contributed by atoms with E-state index in [4.69, 9.17) is 0 Å². The average molecular weight is 205 g/mol. The fourth-order valence-electron chi connectivity index (χ4n) is 0.871. The molecule has 0 atom stereocenters. The van der Waals surface area contributed by atoms with Gasteiger partial charge >= 0.3 is 6.36 Å². The molecule has 1 rings (SSSR count). The van der Waals surface area contributed by atoms with Crippen molar-refractivity contribution in [2.45, 2.75) is 12.9 Å². The van der Waals surface area contributed by atoms with E-state index in [1.807, 2.05) is 0 Å². The molecule has 0 fully saturated rings. The normalized spacial score (nSPS) is 11.1. The molecule has 14 heavy (non-hydrogen) atoms. The number of benzene rings is 1. The Balaban J connectivity index is 2.68. The number of nitrogens with zero attached hydrogens (tertiary/aromatic N) is 1.